The standard InChI is InChI=1S/C28H29N3O2.ClH/c32-27(31(24-10-3-1-4-11-24)25-12-5-2-6-13-25)21-29-17-15-22(16-18-29)19-30-20-23-9-7-8-14-26(23)28(30)33;/h1-14,22H,15-21H2;1H. The molecule has 0 unspecified atom stereocenters. The summed E-state index contributed by atoms with van der Waals surface area (Å²) in [4.78, 5) is 32.1. The molecule has 0 aromatic heterocycles. The molecule has 0 aliphatic carbocycles. The van der Waals surface area contributed by atoms with Gasteiger partial charge in [-0.3, -0.25) is 19.4 Å². The monoisotopic (exact) mass is 475 g/mol. The fourth-order valence-electron chi connectivity index (χ4n) is 4.95. The number of likely N-dealkylation sites (tertiary alicyclic amines) is 1. The number of nitrogens with zero attached hydrogens (tertiary/aromatic N) is 3. The Bertz CT molecular complexity index is 1080. The van der Waals surface area contributed by atoms with Gasteiger partial charge < -0.3 is 4.90 Å². The fourth-order valence-corrected chi connectivity index (χ4v) is 4.95. The molecule has 176 valence electrons. The van der Waals surface area contributed by atoms with E-state index in [0.717, 1.165) is 61.5 Å². The maximum Gasteiger partial charge on any atom is 0.254 e. The highest BCUT2D eigenvalue weighted by Gasteiger charge is 2.31. The summed E-state index contributed by atoms with van der Waals surface area (Å²) in [5.41, 5.74) is 3.75. The molecule has 34 heavy (non-hydrogen) atoms. The van der Waals surface area contributed by atoms with Gasteiger partial charge in [0.2, 0.25) is 5.91 Å². The average Bonchev–Trinajstić information content (AvgIpc) is 3.17. The second-order valence-corrected chi connectivity index (χ2v) is 8.96. The molecule has 5 nitrogen and oxygen atoms in total. The Kier molecular flexibility index (Phi) is 7.66. The Balaban J connectivity index is 0.00000274. The van der Waals surface area contributed by atoms with Crippen molar-refractivity contribution in [3.05, 3.63) is 96.1 Å². The zero-order valence-corrected chi connectivity index (χ0v) is 20.0. The number of hydrogen-bond acceptors (Lipinski definition) is 3. The first-order valence-corrected chi connectivity index (χ1v) is 11.7. The van der Waals surface area contributed by atoms with Crippen molar-refractivity contribution in [2.75, 3.05) is 31.1 Å². The van der Waals surface area contributed by atoms with Crippen LogP contribution >= 0.6 is 12.4 Å². The first-order chi connectivity index (χ1) is 16.2. The van der Waals surface area contributed by atoms with Crippen LogP contribution in [0.25, 0.3) is 0 Å². The number of carbonyl (C=O) groups is 2. The molecule has 3 aromatic rings. The normalized spacial score (nSPS) is 16.1. The van der Waals surface area contributed by atoms with Crippen LogP contribution in [0, 0.1) is 5.92 Å². The van der Waals surface area contributed by atoms with E-state index >= 15 is 0 Å². The van der Waals surface area contributed by atoms with E-state index in [0.29, 0.717) is 12.5 Å². The Morgan fingerprint density at radius 3 is 1.97 bits per heavy atom. The minimum atomic E-state index is 0. The molecule has 0 bridgehead atoms. The van der Waals surface area contributed by atoms with E-state index in [9.17, 15) is 9.59 Å². The van der Waals surface area contributed by atoms with Gasteiger partial charge in [-0.05, 0) is 67.7 Å². The number of piperidine rings is 1. The molecule has 2 amide bonds. The van der Waals surface area contributed by atoms with Crippen molar-refractivity contribution in [3.8, 4) is 0 Å². The maximum absolute atomic E-state index is 13.4. The van der Waals surface area contributed by atoms with Crippen molar-refractivity contribution < 1.29 is 9.59 Å². The number of benzene rings is 3. The minimum Gasteiger partial charge on any atom is -0.334 e. The van der Waals surface area contributed by atoms with Gasteiger partial charge >= 0.3 is 0 Å². The zero-order valence-electron chi connectivity index (χ0n) is 19.2. The number of halogens is 1. The summed E-state index contributed by atoms with van der Waals surface area (Å²) >= 11 is 0. The van der Waals surface area contributed by atoms with Crippen molar-refractivity contribution in [1.29, 1.82) is 0 Å². The van der Waals surface area contributed by atoms with Crippen molar-refractivity contribution >= 4 is 35.6 Å². The van der Waals surface area contributed by atoms with Crippen LogP contribution in [0.3, 0.4) is 0 Å². The summed E-state index contributed by atoms with van der Waals surface area (Å²) in [6.07, 6.45) is 2.01. The lowest BCUT2D eigenvalue weighted by atomic mass is 9.96. The van der Waals surface area contributed by atoms with Crippen molar-refractivity contribution in [3.63, 3.8) is 0 Å². The Morgan fingerprint density at radius 2 is 1.38 bits per heavy atom. The number of para-hydroxylation sites is 2. The average molecular weight is 476 g/mol. The molecular weight excluding hydrogens is 446 g/mol. The maximum atomic E-state index is 13.4. The van der Waals surface area contributed by atoms with Gasteiger partial charge in [0.15, 0.2) is 0 Å². The first kappa shape index (κ1) is 24.0. The van der Waals surface area contributed by atoms with Crippen LogP contribution in [0.1, 0.15) is 28.8 Å². The van der Waals surface area contributed by atoms with E-state index in [2.05, 4.69) is 4.90 Å². The molecule has 5 rings (SSSR count). The predicted octanol–water partition coefficient (Wildman–Crippen LogP) is 5.14. The van der Waals surface area contributed by atoms with Crippen LogP contribution < -0.4 is 4.90 Å². The van der Waals surface area contributed by atoms with Crippen LogP contribution in [-0.4, -0.2) is 47.8 Å². The summed E-state index contributed by atoms with van der Waals surface area (Å²) in [5.74, 6) is 0.717. The van der Waals surface area contributed by atoms with Gasteiger partial charge in [0.25, 0.3) is 5.91 Å². The summed E-state index contributed by atoms with van der Waals surface area (Å²) in [7, 11) is 0. The lowest BCUT2D eigenvalue weighted by molar-refractivity contribution is -0.119. The highest BCUT2D eigenvalue weighted by atomic mass is 35.5. The largest absolute Gasteiger partial charge is 0.334 e. The molecule has 3 aromatic carbocycles. The number of rotatable bonds is 6. The predicted molar refractivity (Wildman–Crippen MR) is 138 cm³/mol. The number of carbonyl (C=O) groups excluding carboxylic acids is 2. The van der Waals surface area contributed by atoms with Crippen LogP contribution in [0.5, 0.6) is 0 Å². The molecule has 0 spiro atoms. The highest BCUT2D eigenvalue weighted by Crippen LogP contribution is 2.28. The fraction of sp³-hybridized carbons (Fsp3) is 0.286. The van der Waals surface area contributed by atoms with Crippen LogP contribution in [0.2, 0.25) is 0 Å². The zero-order chi connectivity index (χ0) is 22.6. The Hall–Kier alpha value is -3.15. The molecule has 0 radical (unpaired) electrons. The van der Waals surface area contributed by atoms with Gasteiger partial charge in [-0.25, -0.2) is 0 Å². The van der Waals surface area contributed by atoms with E-state index in [1.807, 2.05) is 94.7 Å². The van der Waals surface area contributed by atoms with E-state index < -0.39 is 0 Å². The third kappa shape index (κ3) is 5.16. The Morgan fingerprint density at radius 1 is 0.824 bits per heavy atom. The van der Waals surface area contributed by atoms with Crippen LogP contribution in [-0.2, 0) is 11.3 Å². The van der Waals surface area contributed by atoms with E-state index in [1.54, 1.807) is 0 Å². The molecule has 0 saturated carbocycles. The summed E-state index contributed by atoms with van der Waals surface area (Å²) < 4.78 is 0. The summed E-state index contributed by atoms with van der Waals surface area (Å²) in [6, 6.07) is 27.6. The first-order valence-electron chi connectivity index (χ1n) is 11.7. The second-order valence-electron chi connectivity index (χ2n) is 8.96. The number of hydrogen-bond donors (Lipinski definition) is 0. The molecule has 0 atom stereocenters. The lowest BCUT2D eigenvalue weighted by Gasteiger charge is -2.34. The van der Waals surface area contributed by atoms with E-state index in [-0.39, 0.29) is 24.2 Å². The van der Waals surface area contributed by atoms with Crippen molar-refractivity contribution in [1.82, 2.24) is 9.80 Å². The second kappa shape index (κ2) is 10.9. The highest BCUT2D eigenvalue weighted by molar-refractivity contribution is 6.01. The molecule has 2 heterocycles. The smallest absolute Gasteiger partial charge is 0.254 e. The molecule has 0 N–H and O–H groups in total. The quantitative estimate of drug-likeness (QED) is 0.495. The Labute approximate surface area is 207 Å². The molecule has 1 saturated heterocycles. The van der Waals surface area contributed by atoms with Crippen molar-refractivity contribution in [2.45, 2.75) is 19.4 Å². The van der Waals surface area contributed by atoms with Gasteiger partial charge in [-0.1, -0.05) is 54.6 Å². The molecule has 6 heteroatoms. The molecule has 1 fully saturated rings. The topological polar surface area (TPSA) is 43.9 Å². The van der Waals surface area contributed by atoms with E-state index in [1.165, 1.54) is 0 Å². The van der Waals surface area contributed by atoms with Gasteiger partial charge in [0.05, 0.1) is 6.54 Å². The number of anilines is 2. The molecule has 2 aliphatic heterocycles. The van der Waals surface area contributed by atoms with E-state index in [4.69, 9.17) is 0 Å². The third-order valence-corrected chi connectivity index (χ3v) is 6.72. The van der Waals surface area contributed by atoms with Crippen LogP contribution in [0.4, 0.5) is 11.4 Å². The SMILES string of the molecule is Cl.O=C1c2ccccc2CN1CC1CCN(CC(=O)N(c2ccccc2)c2ccccc2)CC1. The van der Waals surface area contributed by atoms with Crippen molar-refractivity contribution in [2.24, 2.45) is 5.92 Å². The third-order valence-electron chi connectivity index (χ3n) is 6.72. The summed E-state index contributed by atoms with van der Waals surface area (Å²) in [5, 5.41) is 0. The van der Waals surface area contributed by atoms with Gasteiger partial charge in [-0.15, -0.1) is 12.4 Å². The number of fused-ring (bicyclic) bond motifs is 1. The summed E-state index contributed by atoms with van der Waals surface area (Å²) in [6.45, 7) is 3.67. The van der Waals surface area contributed by atoms with Gasteiger partial charge in [-0.2, -0.15) is 0 Å². The number of amides is 2. The van der Waals surface area contributed by atoms with Gasteiger partial charge in [0, 0.05) is 30.0 Å². The molecular formula is C28H30ClN3O2. The molecule has 2 aliphatic rings. The lowest BCUT2D eigenvalue weighted by Crippen LogP contribution is -2.43. The van der Waals surface area contributed by atoms with Gasteiger partial charge in [0.1, 0.15) is 0 Å². The van der Waals surface area contributed by atoms with Crippen LogP contribution in [0.15, 0.2) is 84.9 Å². The minimum absolute atomic E-state index is 0.